The maximum atomic E-state index is 6.46. The Kier molecular flexibility index (Phi) is 8.39. The van der Waals surface area contributed by atoms with Gasteiger partial charge in [0.2, 0.25) is 17.8 Å². The van der Waals surface area contributed by atoms with E-state index in [1.165, 1.54) is 0 Å². The average Bonchev–Trinajstić information content (AvgIpc) is 3.66. The Morgan fingerprint density at radius 3 is 2.53 bits per heavy atom. The second kappa shape index (κ2) is 12.8. The number of hydrogen-bond donors (Lipinski definition) is 3. The molecule has 3 aromatic carbocycles. The number of para-hydroxylation sites is 1. The lowest BCUT2D eigenvalue weighted by Gasteiger charge is -2.10. The molecule has 12 heteroatoms. The Morgan fingerprint density at radius 1 is 0.930 bits per heavy atom. The van der Waals surface area contributed by atoms with E-state index in [0.29, 0.717) is 35.0 Å². The molecule has 0 spiro atoms. The van der Waals surface area contributed by atoms with E-state index in [1.807, 2.05) is 72.9 Å². The van der Waals surface area contributed by atoms with Crippen LogP contribution in [0.4, 0.5) is 23.5 Å². The number of hydrogen-bond acceptors (Lipinski definition) is 9. The number of hydrazone groups is 1. The molecule has 3 N–H and O–H groups in total. The summed E-state index contributed by atoms with van der Waals surface area (Å²) < 4.78 is 12.8. The first-order valence-corrected chi connectivity index (χ1v) is 14.0. The van der Waals surface area contributed by atoms with Crippen LogP contribution < -0.4 is 20.8 Å². The molecule has 0 amide bonds. The largest absolute Gasteiger partial charge is 0.497 e. The van der Waals surface area contributed by atoms with Gasteiger partial charge in [-0.3, -0.25) is 0 Å². The van der Waals surface area contributed by atoms with Crippen molar-refractivity contribution in [1.82, 2.24) is 19.5 Å². The van der Waals surface area contributed by atoms with E-state index in [1.54, 1.807) is 25.7 Å². The molecule has 0 saturated heterocycles. The molecule has 0 radical (unpaired) electrons. The van der Waals surface area contributed by atoms with E-state index in [0.717, 1.165) is 39.2 Å². The van der Waals surface area contributed by atoms with Crippen molar-refractivity contribution in [2.75, 3.05) is 23.2 Å². The predicted molar refractivity (Wildman–Crippen MR) is 171 cm³/mol. The van der Waals surface area contributed by atoms with Crippen LogP contribution in [-0.4, -0.2) is 32.8 Å². The van der Waals surface area contributed by atoms with Gasteiger partial charge in [-0.15, -0.1) is 0 Å². The number of fused-ring (bicyclic) bond motifs is 1. The molecule has 216 valence electrons. The number of anilines is 4. The summed E-state index contributed by atoms with van der Waals surface area (Å²) in [6.07, 6.45) is 5.38. The number of ether oxygens (including phenoxy) is 1. The zero-order chi connectivity index (χ0) is 29.6. The fourth-order valence-electron chi connectivity index (χ4n) is 4.45. The second-order valence-electron chi connectivity index (χ2n) is 9.43. The Bertz CT molecular complexity index is 1870. The van der Waals surface area contributed by atoms with Crippen molar-refractivity contribution in [2.45, 2.75) is 13.1 Å². The number of furan rings is 1. The summed E-state index contributed by atoms with van der Waals surface area (Å²) in [6.45, 7) is 0.981. The van der Waals surface area contributed by atoms with Crippen LogP contribution in [0.3, 0.4) is 0 Å². The maximum absolute atomic E-state index is 6.46. The topological polar surface area (TPSA) is 114 Å². The highest BCUT2D eigenvalue weighted by Gasteiger charge is 2.11. The molecule has 0 aliphatic carbocycles. The molecule has 3 heterocycles. The SMILES string of the molecule is COc1ccc(Nc2nc(NCc3ccco3)nc(N/N=C/c3cn(Cc4ccc(Cl)cc4Cl)c4ccccc34)n2)cc1. The van der Waals surface area contributed by atoms with Gasteiger partial charge in [-0.25, -0.2) is 5.43 Å². The summed E-state index contributed by atoms with van der Waals surface area (Å²) in [5.41, 5.74) is 6.66. The Balaban J connectivity index is 1.24. The zero-order valence-electron chi connectivity index (χ0n) is 23.0. The first-order chi connectivity index (χ1) is 21.0. The fourth-order valence-corrected chi connectivity index (χ4v) is 4.91. The zero-order valence-corrected chi connectivity index (χ0v) is 24.5. The van der Waals surface area contributed by atoms with Crippen LogP contribution in [0.15, 0.2) is 101 Å². The Hall–Kier alpha value is -5.06. The minimum atomic E-state index is 0.251. The maximum Gasteiger partial charge on any atom is 0.250 e. The van der Waals surface area contributed by atoms with Gasteiger partial charge >= 0.3 is 0 Å². The second-order valence-corrected chi connectivity index (χ2v) is 10.3. The monoisotopic (exact) mass is 612 g/mol. The molecule has 0 bridgehead atoms. The fraction of sp³-hybridized carbons (Fsp3) is 0.0968. The quantitative estimate of drug-likeness (QED) is 0.101. The molecule has 0 aliphatic heterocycles. The standard InChI is InChI=1S/C31H26Cl2N8O2/c1-42-24-12-10-23(11-13-24)36-30-37-29(34-17-25-5-4-14-43-25)38-31(39-30)40-35-16-21-19-41(28-7-3-2-6-26(21)28)18-20-8-9-22(32)15-27(20)33/h2-16,19H,17-18H2,1H3,(H3,34,36,37,38,39,40)/b35-16+. The van der Waals surface area contributed by atoms with Crippen molar-refractivity contribution in [2.24, 2.45) is 5.10 Å². The molecule has 0 aliphatic rings. The van der Waals surface area contributed by atoms with Gasteiger partial charge in [-0.05, 0) is 60.2 Å². The van der Waals surface area contributed by atoms with Crippen molar-refractivity contribution >= 4 is 63.9 Å². The van der Waals surface area contributed by atoms with Gasteiger partial charge < -0.3 is 24.4 Å². The smallest absolute Gasteiger partial charge is 0.250 e. The van der Waals surface area contributed by atoms with Crippen molar-refractivity contribution in [3.63, 3.8) is 0 Å². The third kappa shape index (κ3) is 6.88. The third-order valence-electron chi connectivity index (χ3n) is 6.53. The van der Waals surface area contributed by atoms with Gasteiger partial charge in [0.25, 0.3) is 0 Å². The van der Waals surface area contributed by atoms with Gasteiger partial charge in [0.1, 0.15) is 11.5 Å². The van der Waals surface area contributed by atoms with E-state index in [-0.39, 0.29) is 5.95 Å². The van der Waals surface area contributed by atoms with Crippen LogP contribution in [0.1, 0.15) is 16.9 Å². The van der Waals surface area contributed by atoms with Gasteiger partial charge in [-0.1, -0.05) is 47.5 Å². The summed E-state index contributed by atoms with van der Waals surface area (Å²) in [7, 11) is 1.62. The van der Waals surface area contributed by atoms with E-state index >= 15 is 0 Å². The molecule has 10 nitrogen and oxygen atoms in total. The van der Waals surface area contributed by atoms with Crippen molar-refractivity contribution in [1.29, 1.82) is 0 Å². The normalized spacial score (nSPS) is 11.2. The highest BCUT2D eigenvalue weighted by molar-refractivity contribution is 6.35. The molecular formula is C31H26Cl2N8O2. The molecule has 43 heavy (non-hydrogen) atoms. The highest BCUT2D eigenvalue weighted by atomic mass is 35.5. The third-order valence-corrected chi connectivity index (χ3v) is 7.11. The first kappa shape index (κ1) is 28.1. The molecule has 3 aromatic heterocycles. The van der Waals surface area contributed by atoms with Crippen molar-refractivity contribution in [3.05, 3.63) is 118 Å². The number of aromatic nitrogens is 4. The molecule has 0 unspecified atom stereocenters. The summed E-state index contributed by atoms with van der Waals surface area (Å²) in [5, 5.41) is 13.1. The minimum Gasteiger partial charge on any atom is -0.497 e. The first-order valence-electron chi connectivity index (χ1n) is 13.3. The van der Waals surface area contributed by atoms with Crippen LogP contribution in [0.2, 0.25) is 10.0 Å². The number of nitrogens with one attached hydrogen (secondary N) is 3. The van der Waals surface area contributed by atoms with Crippen molar-refractivity contribution < 1.29 is 9.15 Å². The highest BCUT2D eigenvalue weighted by Crippen LogP contribution is 2.26. The lowest BCUT2D eigenvalue weighted by Crippen LogP contribution is -2.09. The summed E-state index contributed by atoms with van der Waals surface area (Å²) in [6, 6.07) is 24.8. The molecule has 6 rings (SSSR count). The molecule has 6 aromatic rings. The van der Waals surface area contributed by atoms with E-state index in [9.17, 15) is 0 Å². The van der Waals surface area contributed by atoms with Crippen molar-refractivity contribution in [3.8, 4) is 5.75 Å². The van der Waals surface area contributed by atoms with Crippen LogP contribution in [0, 0.1) is 0 Å². The number of methoxy groups -OCH3 is 1. The number of halogens is 2. The predicted octanol–water partition coefficient (Wildman–Crippen LogP) is 7.58. The summed E-state index contributed by atoms with van der Waals surface area (Å²) in [5.74, 6) is 2.42. The van der Waals surface area contributed by atoms with E-state index < -0.39 is 0 Å². The van der Waals surface area contributed by atoms with Gasteiger partial charge in [0, 0.05) is 44.9 Å². The Labute approximate surface area is 257 Å². The van der Waals surface area contributed by atoms with Crippen LogP contribution >= 0.6 is 23.2 Å². The summed E-state index contributed by atoms with van der Waals surface area (Å²) in [4.78, 5) is 13.5. The molecular weight excluding hydrogens is 587 g/mol. The Morgan fingerprint density at radius 2 is 1.74 bits per heavy atom. The minimum absolute atomic E-state index is 0.251. The lowest BCUT2D eigenvalue weighted by atomic mass is 10.2. The van der Waals surface area contributed by atoms with Crippen LogP contribution in [0.5, 0.6) is 5.75 Å². The summed E-state index contributed by atoms with van der Waals surface area (Å²) >= 11 is 12.5. The lowest BCUT2D eigenvalue weighted by molar-refractivity contribution is 0.415. The van der Waals surface area contributed by atoms with Crippen LogP contribution in [-0.2, 0) is 13.1 Å². The molecule has 0 atom stereocenters. The van der Waals surface area contributed by atoms with Gasteiger partial charge in [-0.2, -0.15) is 20.1 Å². The number of nitrogens with zero attached hydrogens (tertiary/aromatic N) is 5. The average molecular weight is 614 g/mol. The van der Waals surface area contributed by atoms with Crippen LogP contribution in [0.25, 0.3) is 10.9 Å². The molecule has 0 saturated carbocycles. The number of benzene rings is 3. The number of rotatable bonds is 11. The van der Waals surface area contributed by atoms with Gasteiger partial charge in [0.15, 0.2) is 0 Å². The van der Waals surface area contributed by atoms with E-state index in [4.69, 9.17) is 32.4 Å². The van der Waals surface area contributed by atoms with Gasteiger partial charge in [0.05, 0.1) is 26.1 Å². The van der Waals surface area contributed by atoms with E-state index in [2.05, 4.69) is 46.7 Å². The molecule has 0 fully saturated rings.